The molecular formula is C13H18N4O2. The van der Waals surface area contributed by atoms with Crippen molar-refractivity contribution in [3.63, 3.8) is 0 Å². The molecule has 1 aromatic rings. The Morgan fingerprint density at radius 1 is 1.58 bits per heavy atom. The van der Waals surface area contributed by atoms with Gasteiger partial charge in [0.05, 0.1) is 6.04 Å². The molecule has 0 aliphatic carbocycles. The number of carbonyl (C=O) groups excluding carboxylic acids is 2. The van der Waals surface area contributed by atoms with Crippen molar-refractivity contribution in [2.45, 2.75) is 19.4 Å². The molecule has 0 saturated carbocycles. The summed E-state index contributed by atoms with van der Waals surface area (Å²) in [6, 6.07) is 6.55. The first kappa shape index (κ1) is 13.4. The van der Waals surface area contributed by atoms with E-state index in [1.807, 2.05) is 13.0 Å². The molecule has 2 rings (SSSR count). The number of nitrogens with two attached hydrogens (primary N) is 1. The maximum absolute atomic E-state index is 11.7. The summed E-state index contributed by atoms with van der Waals surface area (Å²) in [6.45, 7) is 3.12. The van der Waals surface area contributed by atoms with Gasteiger partial charge in [-0.05, 0) is 24.6 Å². The Kier molecular flexibility index (Phi) is 4.01. The Morgan fingerprint density at radius 2 is 2.37 bits per heavy atom. The summed E-state index contributed by atoms with van der Waals surface area (Å²) in [5.74, 6) is -0.217. The lowest BCUT2D eigenvalue weighted by Gasteiger charge is -2.16. The highest BCUT2D eigenvalue weighted by atomic mass is 16.2. The third-order valence-corrected chi connectivity index (χ3v) is 3.06. The second-order valence-electron chi connectivity index (χ2n) is 4.44. The molecule has 1 aromatic carbocycles. The van der Waals surface area contributed by atoms with E-state index in [1.165, 1.54) is 0 Å². The third-order valence-electron chi connectivity index (χ3n) is 3.06. The van der Waals surface area contributed by atoms with Crippen molar-refractivity contribution in [3.05, 3.63) is 24.3 Å². The number of hydrogen-bond donors (Lipinski definition) is 3. The van der Waals surface area contributed by atoms with Crippen LogP contribution in [0.2, 0.25) is 0 Å². The van der Waals surface area contributed by atoms with Crippen molar-refractivity contribution >= 4 is 23.3 Å². The fourth-order valence-electron chi connectivity index (χ4n) is 1.89. The van der Waals surface area contributed by atoms with E-state index in [0.29, 0.717) is 25.2 Å². The van der Waals surface area contributed by atoms with Crippen molar-refractivity contribution in [2.24, 2.45) is 5.73 Å². The fraction of sp³-hybridized carbons (Fsp3) is 0.385. The first-order chi connectivity index (χ1) is 9.11. The predicted molar refractivity (Wildman–Crippen MR) is 74.1 cm³/mol. The summed E-state index contributed by atoms with van der Waals surface area (Å²) in [5.41, 5.74) is 7.07. The van der Waals surface area contributed by atoms with Gasteiger partial charge in [0, 0.05) is 24.5 Å². The van der Waals surface area contributed by atoms with Crippen LogP contribution in [0.1, 0.15) is 13.3 Å². The Balaban J connectivity index is 2.11. The van der Waals surface area contributed by atoms with Gasteiger partial charge in [-0.3, -0.25) is 9.69 Å². The molecule has 1 heterocycles. The zero-order valence-electron chi connectivity index (χ0n) is 10.8. The molecule has 0 spiro atoms. The van der Waals surface area contributed by atoms with E-state index in [-0.39, 0.29) is 11.9 Å². The average Bonchev–Trinajstić information content (AvgIpc) is 2.84. The lowest BCUT2D eigenvalue weighted by atomic mass is 10.2. The smallest absolute Gasteiger partial charge is 0.321 e. The maximum atomic E-state index is 11.7. The molecule has 6 heteroatoms. The number of nitrogens with one attached hydrogen (secondary N) is 2. The molecule has 1 aliphatic rings. The molecule has 0 radical (unpaired) electrons. The van der Waals surface area contributed by atoms with Crippen LogP contribution in [0, 0.1) is 0 Å². The van der Waals surface area contributed by atoms with Crippen LogP contribution < -0.4 is 21.3 Å². The van der Waals surface area contributed by atoms with Gasteiger partial charge >= 0.3 is 6.03 Å². The number of hydrogen-bond acceptors (Lipinski definition) is 3. The molecule has 0 aromatic heterocycles. The maximum Gasteiger partial charge on any atom is 0.321 e. The number of rotatable bonds is 4. The first-order valence-electron chi connectivity index (χ1n) is 6.33. The van der Waals surface area contributed by atoms with E-state index >= 15 is 0 Å². The van der Waals surface area contributed by atoms with Crippen LogP contribution in [-0.2, 0) is 4.79 Å². The largest absolute Gasteiger partial charge is 0.336 e. The summed E-state index contributed by atoms with van der Waals surface area (Å²) >= 11 is 0. The van der Waals surface area contributed by atoms with Gasteiger partial charge in [-0.15, -0.1) is 0 Å². The lowest BCUT2D eigenvalue weighted by Crippen LogP contribution is -2.34. The number of anilines is 2. The van der Waals surface area contributed by atoms with Gasteiger partial charge in [-0.1, -0.05) is 13.0 Å². The molecule has 0 unspecified atom stereocenters. The Labute approximate surface area is 112 Å². The number of amides is 3. The van der Waals surface area contributed by atoms with Crippen LogP contribution in [0.4, 0.5) is 16.2 Å². The molecule has 0 bridgehead atoms. The molecule has 1 fully saturated rings. The molecule has 1 atom stereocenters. The quantitative estimate of drug-likeness (QED) is 0.753. The van der Waals surface area contributed by atoms with Crippen LogP contribution >= 0.6 is 0 Å². The summed E-state index contributed by atoms with van der Waals surface area (Å²) < 4.78 is 0. The van der Waals surface area contributed by atoms with E-state index in [9.17, 15) is 9.59 Å². The number of urea groups is 1. The van der Waals surface area contributed by atoms with Crippen molar-refractivity contribution in [3.8, 4) is 0 Å². The van der Waals surface area contributed by atoms with Crippen LogP contribution in [0.3, 0.4) is 0 Å². The number of benzene rings is 1. The molecule has 1 saturated heterocycles. The van der Waals surface area contributed by atoms with Gasteiger partial charge in [0.25, 0.3) is 0 Å². The number of carbonyl (C=O) groups is 2. The van der Waals surface area contributed by atoms with Gasteiger partial charge in [0.15, 0.2) is 0 Å². The topological polar surface area (TPSA) is 87.5 Å². The lowest BCUT2D eigenvalue weighted by molar-refractivity contribution is -0.117. The molecule has 1 aliphatic heterocycles. The van der Waals surface area contributed by atoms with E-state index in [4.69, 9.17) is 5.73 Å². The normalized spacial score (nSPS) is 16.1. The molecule has 4 N–H and O–H groups in total. The fourth-order valence-corrected chi connectivity index (χ4v) is 1.89. The van der Waals surface area contributed by atoms with Crippen LogP contribution in [0.5, 0.6) is 0 Å². The average molecular weight is 262 g/mol. The third kappa shape index (κ3) is 3.03. The van der Waals surface area contributed by atoms with Gasteiger partial charge < -0.3 is 16.4 Å². The van der Waals surface area contributed by atoms with Crippen molar-refractivity contribution < 1.29 is 9.59 Å². The number of nitrogens with zero attached hydrogens (tertiary/aromatic N) is 1. The zero-order chi connectivity index (χ0) is 13.8. The second kappa shape index (κ2) is 5.71. The second-order valence-corrected chi connectivity index (χ2v) is 4.44. The summed E-state index contributed by atoms with van der Waals surface area (Å²) in [5, 5.41) is 5.48. The molecular weight excluding hydrogens is 244 g/mol. The molecule has 3 amide bonds. The summed E-state index contributed by atoms with van der Waals surface area (Å²) in [7, 11) is 0. The van der Waals surface area contributed by atoms with Crippen molar-refractivity contribution in [2.75, 3.05) is 23.3 Å². The minimum absolute atomic E-state index is 0.117. The van der Waals surface area contributed by atoms with Crippen LogP contribution in [0.15, 0.2) is 24.3 Å². The minimum atomic E-state index is -0.515. The molecule has 6 nitrogen and oxygen atoms in total. The first-order valence-corrected chi connectivity index (χ1v) is 6.33. The highest BCUT2D eigenvalue weighted by Gasteiger charge is 2.21. The van der Waals surface area contributed by atoms with Gasteiger partial charge in [0.1, 0.15) is 0 Å². The standard InChI is InChI=1S/C13H18N4O2/c1-2-11(14)12(18)16-9-4-3-5-10(8-9)17-7-6-15-13(17)19/h3-5,8,11H,2,6-7,14H2,1H3,(H,15,19)(H,16,18)/t11-/m0/s1. The highest BCUT2D eigenvalue weighted by molar-refractivity contribution is 5.97. The van der Waals surface area contributed by atoms with Crippen LogP contribution in [-0.4, -0.2) is 31.1 Å². The monoisotopic (exact) mass is 262 g/mol. The van der Waals surface area contributed by atoms with E-state index in [0.717, 1.165) is 5.69 Å². The Bertz CT molecular complexity index is 489. The molecule has 19 heavy (non-hydrogen) atoms. The summed E-state index contributed by atoms with van der Waals surface area (Å²) in [4.78, 5) is 24.9. The van der Waals surface area contributed by atoms with Gasteiger partial charge in [0.2, 0.25) is 5.91 Å². The SMILES string of the molecule is CC[C@H](N)C(=O)Nc1cccc(N2CCNC2=O)c1. The Hall–Kier alpha value is -2.08. The minimum Gasteiger partial charge on any atom is -0.336 e. The molecule has 102 valence electrons. The predicted octanol–water partition coefficient (Wildman–Crippen LogP) is 0.892. The van der Waals surface area contributed by atoms with E-state index in [2.05, 4.69) is 10.6 Å². The summed E-state index contributed by atoms with van der Waals surface area (Å²) in [6.07, 6.45) is 0.583. The highest BCUT2D eigenvalue weighted by Crippen LogP contribution is 2.21. The Morgan fingerprint density at radius 3 is 3.00 bits per heavy atom. The van der Waals surface area contributed by atoms with Crippen molar-refractivity contribution in [1.29, 1.82) is 0 Å². The van der Waals surface area contributed by atoms with Gasteiger partial charge in [-0.2, -0.15) is 0 Å². The van der Waals surface area contributed by atoms with E-state index < -0.39 is 6.04 Å². The van der Waals surface area contributed by atoms with Crippen molar-refractivity contribution in [1.82, 2.24) is 5.32 Å². The van der Waals surface area contributed by atoms with Crippen LogP contribution in [0.25, 0.3) is 0 Å². The van der Waals surface area contributed by atoms with Gasteiger partial charge in [-0.25, -0.2) is 4.79 Å². The van der Waals surface area contributed by atoms with E-state index in [1.54, 1.807) is 23.1 Å². The zero-order valence-corrected chi connectivity index (χ0v) is 10.8.